The van der Waals surface area contributed by atoms with Gasteiger partial charge in [0.15, 0.2) is 0 Å². The Morgan fingerprint density at radius 1 is 1.56 bits per heavy atom. The van der Waals surface area contributed by atoms with Crippen LogP contribution < -0.4 is 5.32 Å². The van der Waals surface area contributed by atoms with E-state index in [0.717, 1.165) is 37.6 Å². The summed E-state index contributed by atoms with van der Waals surface area (Å²) < 4.78 is 0. The third kappa shape index (κ3) is 2.71. The van der Waals surface area contributed by atoms with Crippen molar-refractivity contribution >= 4 is 17.3 Å². The molecule has 1 aliphatic heterocycles. The largest absolute Gasteiger partial charge is 0.477 e. The van der Waals surface area contributed by atoms with E-state index < -0.39 is 5.97 Å². The van der Waals surface area contributed by atoms with Gasteiger partial charge in [-0.25, -0.2) is 9.78 Å². The number of nitrogens with one attached hydrogen (secondary N) is 1. The molecular formula is C12H19N3O2S. The molecule has 0 aliphatic carbocycles. The number of aryl methyl sites for hydroxylation is 1. The first-order chi connectivity index (χ1) is 8.63. The zero-order valence-electron chi connectivity index (χ0n) is 10.8. The van der Waals surface area contributed by atoms with Crippen LogP contribution in [0.1, 0.15) is 39.8 Å². The fourth-order valence-electron chi connectivity index (χ4n) is 2.34. The van der Waals surface area contributed by atoms with Crippen molar-refractivity contribution in [3.63, 3.8) is 0 Å². The molecule has 0 radical (unpaired) electrons. The van der Waals surface area contributed by atoms with Gasteiger partial charge < -0.3 is 10.4 Å². The van der Waals surface area contributed by atoms with Gasteiger partial charge in [0, 0.05) is 26.2 Å². The Morgan fingerprint density at radius 3 is 2.72 bits per heavy atom. The summed E-state index contributed by atoms with van der Waals surface area (Å²) in [5.41, 5.74) is 0.635. The predicted octanol–water partition coefficient (Wildman–Crippen LogP) is 1.51. The Bertz CT molecular complexity index is 427. The Balaban J connectivity index is 2.21. The molecule has 0 bridgehead atoms. The van der Waals surface area contributed by atoms with Gasteiger partial charge >= 0.3 is 5.97 Å². The summed E-state index contributed by atoms with van der Waals surface area (Å²) in [7, 11) is 0. The van der Waals surface area contributed by atoms with Gasteiger partial charge in [0.05, 0.1) is 11.7 Å². The minimum Gasteiger partial charge on any atom is -0.477 e. The number of piperazine rings is 1. The molecule has 100 valence electrons. The van der Waals surface area contributed by atoms with Crippen LogP contribution in [0.5, 0.6) is 0 Å². The second-order valence-corrected chi connectivity index (χ2v) is 5.51. The van der Waals surface area contributed by atoms with Gasteiger partial charge in [0.25, 0.3) is 0 Å². The van der Waals surface area contributed by atoms with Crippen molar-refractivity contribution in [1.82, 2.24) is 15.2 Å². The second kappa shape index (κ2) is 5.77. The zero-order chi connectivity index (χ0) is 13.1. The van der Waals surface area contributed by atoms with Crippen molar-refractivity contribution in [2.75, 3.05) is 26.2 Å². The molecule has 0 saturated carbocycles. The Morgan fingerprint density at radius 2 is 2.22 bits per heavy atom. The molecule has 5 nitrogen and oxygen atoms in total. The van der Waals surface area contributed by atoms with Gasteiger partial charge in [-0.15, -0.1) is 11.3 Å². The number of aromatic carboxylic acids is 1. The zero-order valence-corrected chi connectivity index (χ0v) is 11.6. The van der Waals surface area contributed by atoms with Crippen LogP contribution in [0.15, 0.2) is 0 Å². The number of carboxylic acid groups (broad SMARTS) is 1. The molecule has 1 aromatic rings. The molecule has 2 heterocycles. The SMILES string of the molecule is CCC(c1nc(C)c(C(=O)O)s1)N1CCNCC1. The quantitative estimate of drug-likeness (QED) is 0.867. The monoisotopic (exact) mass is 269 g/mol. The summed E-state index contributed by atoms with van der Waals surface area (Å²) in [4.78, 5) is 18.3. The summed E-state index contributed by atoms with van der Waals surface area (Å²) in [6.07, 6.45) is 0.964. The topological polar surface area (TPSA) is 65.5 Å². The summed E-state index contributed by atoms with van der Waals surface area (Å²) in [6.45, 7) is 7.89. The van der Waals surface area contributed by atoms with Crippen molar-refractivity contribution < 1.29 is 9.90 Å². The smallest absolute Gasteiger partial charge is 0.347 e. The molecule has 1 unspecified atom stereocenters. The summed E-state index contributed by atoms with van der Waals surface area (Å²) in [5.74, 6) is -0.869. The average molecular weight is 269 g/mol. The summed E-state index contributed by atoms with van der Waals surface area (Å²) >= 11 is 1.32. The number of thiazole rings is 1. The van der Waals surface area contributed by atoms with Crippen molar-refractivity contribution in [2.45, 2.75) is 26.3 Å². The van der Waals surface area contributed by atoms with Crippen LogP contribution in [-0.2, 0) is 0 Å². The van der Waals surface area contributed by atoms with Crippen molar-refractivity contribution in [2.24, 2.45) is 0 Å². The number of rotatable bonds is 4. The number of carbonyl (C=O) groups is 1. The van der Waals surface area contributed by atoms with Gasteiger partial charge in [-0.05, 0) is 13.3 Å². The van der Waals surface area contributed by atoms with E-state index in [4.69, 9.17) is 5.11 Å². The molecule has 6 heteroatoms. The Hall–Kier alpha value is -0.980. The van der Waals surface area contributed by atoms with Gasteiger partial charge in [0.2, 0.25) is 0 Å². The van der Waals surface area contributed by atoms with E-state index in [1.54, 1.807) is 6.92 Å². The predicted molar refractivity (Wildman–Crippen MR) is 71.3 cm³/mol. The molecule has 1 aliphatic rings. The fraction of sp³-hybridized carbons (Fsp3) is 0.667. The maximum Gasteiger partial charge on any atom is 0.347 e. The molecule has 1 fully saturated rings. The first kappa shape index (κ1) is 13.5. The highest BCUT2D eigenvalue weighted by Crippen LogP contribution is 2.30. The molecule has 0 spiro atoms. The van der Waals surface area contributed by atoms with Crippen LogP contribution in [-0.4, -0.2) is 47.1 Å². The third-order valence-electron chi connectivity index (χ3n) is 3.27. The lowest BCUT2D eigenvalue weighted by Gasteiger charge is -2.33. The van der Waals surface area contributed by atoms with Crippen LogP contribution in [0.25, 0.3) is 0 Å². The van der Waals surface area contributed by atoms with Gasteiger partial charge in [0.1, 0.15) is 9.88 Å². The maximum atomic E-state index is 11.1. The van der Waals surface area contributed by atoms with Crippen molar-refractivity contribution in [3.05, 3.63) is 15.6 Å². The normalized spacial score (nSPS) is 18.8. The van der Waals surface area contributed by atoms with E-state index in [1.165, 1.54) is 11.3 Å². The number of hydrogen-bond acceptors (Lipinski definition) is 5. The maximum absolute atomic E-state index is 11.1. The van der Waals surface area contributed by atoms with Crippen LogP contribution >= 0.6 is 11.3 Å². The van der Waals surface area contributed by atoms with Gasteiger partial charge in [-0.2, -0.15) is 0 Å². The lowest BCUT2D eigenvalue weighted by atomic mass is 10.2. The lowest BCUT2D eigenvalue weighted by molar-refractivity contribution is 0.0701. The average Bonchev–Trinajstić information content (AvgIpc) is 2.74. The molecule has 0 aromatic carbocycles. The van der Waals surface area contributed by atoms with Crippen LogP contribution in [0.3, 0.4) is 0 Å². The van der Waals surface area contributed by atoms with E-state index in [-0.39, 0.29) is 6.04 Å². The highest BCUT2D eigenvalue weighted by atomic mass is 32.1. The molecule has 1 aromatic heterocycles. The van der Waals surface area contributed by atoms with E-state index >= 15 is 0 Å². The Labute approximate surface area is 111 Å². The molecule has 2 rings (SSSR count). The minimum atomic E-state index is -0.869. The van der Waals surface area contributed by atoms with E-state index in [0.29, 0.717) is 10.6 Å². The summed E-state index contributed by atoms with van der Waals surface area (Å²) in [5, 5.41) is 13.4. The van der Waals surface area contributed by atoms with Crippen molar-refractivity contribution in [3.8, 4) is 0 Å². The summed E-state index contributed by atoms with van der Waals surface area (Å²) in [6, 6.07) is 0.254. The molecule has 1 saturated heterocycles. The second-order valence-electron chi connectivity index (χ2n) is 4.48. The van der Waals surface area contributed by atoms with Gasteiger partial charge in [-0.3, -0.25) is 4.90 Å². The fourth-order valence-corrected chi connectivity index (χ4v) is 3.47. The van der Waals surface area contributed by atoms with E-state index in [9.17, 15) is 4.79 Å². The first-order valence-corrected chi connectivity index (χ1v) is 7.10. The minimum absolute atomic E-state index is 0.254. The number of nitrogens with zero attached hydrogens (tertiary/aromatic N) is 2. The van der Waals surface area contributed by atoms with E-state index in [2.05, 4.69) is 22.1 Å². The van der Waals surface area contributed by atoms with Gasteiger partial charge in [-0.1, -0.05) is 6.92 Å². The first-order valence-electron chi connectivity index (χ1n) is 6.28. The van der Waals surface area contributed by atoms with E-state index in [1.807, 2.05) is 0 Å². The number of aromatic nitrogens is 1. The molecule has 2 N–H and O–H groups in total. The molecular weight excluding hydrogens is 250 g/mol. The lowest BCUT2D eigenvalue weighted by Crippen LogP contribution is -2.45. The number of carboxylic acids is 1. The van der Waals surface area contributed by atoms with Crippen LogP contribution in [0, 0.1) is 6.92 Å². The van der Waals surface area contributed by atoms with Crippen LogP contribution in [0.4, 0.5) is 0 Å². The number of hydrogen-bond donors (Lipinski definition) is 2. The third-order valence-corrected chi connectivity index (χ3v) is 4.52. The van der Waals surface area contributed by atoms with Crippen molar-refractivity contribution in [1.29, 1.82) is 0 Å². The molecule has 0 amide bonds. The van der Waals surface area contributed by atoms with Crippen LogP contribution in [0.2, 0.25) is 0 Å². The molecule has 18 heavy (non-hydrogen) atoms. The molecule has 1 atom stereocenters. The highest BCUT2D eigenvalue weighted by Gasteiger charge is 2.25. The highest BCUT2D eigenvalue weighted by molar-refractivity contribution is 7.13. The standard InChI is InChI=1S/C12H19N3O2S/c1-3-9(15-6-4-13-5-7-15)11-14-8(2)10(18-11)12(16)17/h9,13H,3-7H2,1-2H3,(H,16,17). The Kier molecular flexibility index (Phi) is 4.31.